The van der Waals surface area contributed by atoms with E-state index in [1.165, 1.54) is 11.3 Å². The maximum absolute atomic E-state index is 8.75. The van der Waals surface area contributed by atoms with E-state index in [4.69, 9.17) is 5.26 Å². The molecule has 0 radical (unpaired) electrons. The molecule has 1 fully saturated rings. The van der Waals surface area contributed by atoms with Gasteiger partial charge in [0.2, 0.25) is 0 Å². The number of aryl methyl sites for hydroxylation is 1. The van der Waals surface area contributed by atoms with Gasteiger partial charge in [0, 0.05) is 11.4 Å². The number of rotatable bonds is 4. The third kappa shape index (κ3) is 2.23. The monoisotopic (exact) mass is 253 g/mol. The Bertz CT molecular complexity index is 402. The van der Waals surface area contributed by atoms with Crippen LogP contribution in [0.4, 0.5) is 0 Å². The van der Waals surface area contributed by atoms with Crippen LogP contribution >= 0.6 is 22.5 Å². The SMILES string of the molecule is Cc1c(CCSS)cnn1C1CC(C#N)C1. The maximum atomic E-state index is 8.75. The number of aromatic nitrogens is 2. The lowest BCUT2D eigenvalue weighted by Crippen LogP contribution is -2.27. The van der Waals surface area contributed by atoms with Crippen LogP contribution in [0.15, 0.2) is 6.20 Å². The fraction of sp³-hybridized carbons (Fsp3) is 0.636. The number of hydrogen-bond acceptors (Lipinski definition) is 4. The van der Waals surface area contributed by atoms with E-state index in [0.717, 1.165) is 25.0 Å². The third-order valence-electron chi connectivity index (χ3n) is 3.25. The zero-order valence-corrected chi connectivity index (χ0v) is 11.0. The summed E-state index contributed by atoms with van der Waals surface area (Å²) in [5, 5.41) is 13.2. The molecule has 1 aliphatic rings. The Labute approximate surface area is 105 Å². The minimum absolute atomic E-state index is 0.241. The van der Waals surface area contributed by atoms with Crippen molar-refractivity contribution in [2.24, 2.45) is 5.92 Å². The fourth-order valence-electron chi connectivity index (χ4n) is 2.12. The maximum Gasteiger partial charge on any atom is 0.0657 e. The highest BCUT2D eigenvalue weighted by atomic mass is 33.1. The lowest BCUT2D eigenvalue weighted by atomic mass is 9.81. The Morgan fingerprint density at radius 3 is 3.06 bits per heavy atom. The van der Waals surface area contributed by atoms with Crippen molar-refractivity contribution in [3.8, 4) is 6.07 Å². The predicted molar refractivity (Wildman–Crippen MR) is 69.5 cm³/mol. The molecule has 0 atom stereocenters. The molecule has 1 aromatic rings. The first kappa shape index (κ1) is 11.9. The van der Waals surface area contributed by atoms with Crippen molar-refractivity contribution in [3.63, 3.8) is 0 Å². The van der Waals surface area contributed by atoms with Crippen LogP contribution in [0.5, 0.6) is 0 Å². The van der Waals surface area contributed by atoms with Crippen LogP contribution in [0.25, 0.3) is 0 Å². The molecule has 0 unspecified atom stereocenters. The summed E-state index contributed by atoms with van der Waals surface area (Å²) in [6.45, 7) is 2.12. The molecule has 3 nitrogen and oxygen atoms in total. The minimum atomic E-state index is 0.241. The molecule has 0 N–H and O–H groups in total. The van der Waals surface area contributed by atoms with Gasteiger partial charge in [-0.25, -0.2) is 0 Å². The van der Waals surface area contributed by atoms with Gasteiger partial charge >= 0.3 is 0 Å². The van der Waals surface area contributed by atoms with E-state index in [1.807, 2.05) is 6.20 Å². The van der Waals surface area contributed by atoms with Crippen LogP contribution in [-0.2, 0) is 6.42 Å². The topological polar surface area (TPSA) is 41.6 Å². The van der Waals surface area contributed by atoms with Crippen molar-refractivity contribution in [3.05, 3.63) is 17.5 Å². The molecule has 1 heterocycles. The van der Waals surface area contributed by atoms with Crippen LogP contribution in [0.1, 0.15) is 30.1 Å². The summed E-state index contributed by atoms with van der Waals surface area (Å²) in [6.07, 6.45) is 4.90. The molecule has 0 saturated heterocycles. The van der Waals surface area contributed by atoms with Crippen LogP contribution < -0.4 is 0 Å². The van der Waals surface area contributed by atoms with Crippen molar-refractivity contribution >= 4 is 22.5 Å². The molecule has 1 saturated carbocycles. The second kappa shape index (κ2) is 5.15. The molecule has 86 valence electrons. The molecule has 5 heteroatoms. The normalized spacial score (nSPS) is 23.8. The lowest BCUT2D eigenvalue weighted by Gasteiger charge is -2.31. The van der Waals surface area contributed by atoms with Crippen LogP contribution in [0.3, 0.4) is 0 Å². The number of nitriles is 1. The first-order valence-electron chi connectivity index (χ1n) is 5.45. The second-order valence-electron chi connectivity index (χ2n) is 4.23. The minimum Gasteiger partial charge on any atom is -0.266 e. The largest absolute Gasteiger partial charge is 0.266 e. The zero-order valence-electron chi connectivity index (χ0n) is 9.26. The summed E-state index contributed by atoms with van der Waals surface area (Å²) in [6, 6.07) is 2.75. The first-order valence-corrected chi connectivity index (χ1v) is 7.49. The fourth-order valence-corrected chi connectivity index (χ4v) is 2.71. The quantitative estimate of drug-likeness (QED) is 0.662. The average Bonchev–Trinajstić information content (AvgIpc) is 2.57. The van der Waals surface area contributed by atoms with E-state index in [1.54, 1.807) is 10.8 Å². The van der Waals surface area contributed by atoms with Crippen molar-refractivity contribution in [2.45, 2.75) is 32.2 Å². The van der Waals surface area contributed by atoms with Gasteiger partial charge in [-0.2, -0.15) is 10.4 Å². The van der Waals surface area contributed by atoms with Gasteiger partial charge in [-0.1, -0.05) is 10.8 Å². The lowest BCUT2D eigenvalue weighted by molar-refractivity contribution is 0.226. The summed E-state index contributed by atoms with van der Waals surface area (Å²) >= 11 is 4.14. The van der Waals surface area contributed by atoms with Gasteiger partial charge in [0.15, 0.2) is 0 Å². The van der Waals surface area contributed by atoms with Crippen LogP contribution in [0.2, 0.25) is 0 Å². The van der Waals surface area contributed by atoms with Crippen molar-refractivity contribution in [2.75, 3.05) is 5.75 Å². The Morgan fingerprint density at radius 1 is 1.69 bits per heavy atom. The summed E-state index contributed by atoms with van der Waals surface area (Å²) < 4.78 is 2.09. The molecule has 1 aliphatic carbocycles. The first-order chi connectivity index (χ1) is 7.76. The summed E-state index contributed by atoms with van der Waals surface area (Å²) in [5.41, 5.74) is 2.56. The van der Waals surface area contributed by atoms with E-state index in [0.29, 0.717) is 6.04 Å². The van der Waals surface area contributed by atoms with Gasteiger partial charge in [-0.05, 0) is 31.7 Å². The second-order valence-corrected chi connectivity index (χ2v) is 5.68. The standard InChI is InChI=1S/C11H15N3S2/c1-8-10(2-3-16-15)7-13-14(8)11-4-9(5-11)6-12/h7,9,11,15H,2-5H2,1H3. The number of hydrogen-bond donors (Lipinski definition) is 1. The molecular formula is C11H15N3S2. The zero-order chi connectivity index (χ0) is 11.5. The van der Waals surface area contributed by atoms with Crippen LogP contribution in [-0.4, -0.2) is 15.5 Å². The van der Waals surface area contributed by atoms with Crippen molar-refractivity contribution in [1.82, 2.24) is 9.78 Å². The Hall–Kier alpha value is -0.600. The highest BCUT2D eigenvalue weighted by Gasteiger charge is 2.31. The van der Waals surface area contributed by atoms with E-state index < -0.39 is 0 Å². The van der Waals surface area contributed by atoms with Crippen molar-refractivity contribution in [1.29, 1.82) is 5.26 Å². The molecule has 1 aromatic heterocycles. The summed E-state index contributed by atoms with van der Waals surface area (Å²) in [7, 11) is 1.56. The van der Waals surface area contributed by atoms with Gasteiger partial charge in [-0.15, -0.1) is 11.7 Å². The molecule has 2 rings (SSSR count). The summed E-state index contributed by atoms with van der Waals surface area (Å²) in [4.78, 5) is 0. The summed E-state index contributed by atoms with van der Waals surface area (Å²) in [5.74, 6) is 1.26. The Balaban J connectivity index is 2.01. The van der Waals surface area contributed by atoms with Gasteiger partial charge in [0.1, 0.15) is 0 Å². The van der Waals surface area contributed by atoms with E-state index >= 15 is 0 Å². The van der Waals surface area contributed by atoms with Gasteiger partial charge in [0.05, 0.1) is 24.2 Å². The average molecular weight is 253 g/mol. The Morgan fingerprint density at radius 2 is 2.44 bits per heavy atom. The number of thiol groups is 1. The smallest absolute Gasteiger partial charge is 0.0657 e. The highest BCUT2D eigenvalue weighted by Crippen LogP contribution is 2.37. The van der Waals surface area contributed by atoms with Crippen molar-refractivity contribution < 1.29 is 0 Å². The molecular weight excluding hydrogens is 238 g/mol. The molecule has 0 amide bonds. The van der Waals surface area contributed by atoms with Gasteiger partial charge in [-0.3, -0.25) is 4.68 Å². The number of nitrogens with zero attached hydrogens (tertiary/aromatic N) is 3. The molecule has 0 aromatic carbocycles. The predicted octanol–water partition coefficient (Wildman–Crippen LogP) is 2.79. The van der Waals surface area contributed by atoms with E-state index in [9.17, 15) is 0 Å². The van der Waals surface area contributed by atoms with E-state index in [-0.39, 0.29) is 5.92 Å². The van der Waals surface area contributed by atoms with Gasteiger partial charge < -0.3 is 0 Å². The highest BCUT2D eigenvalue weighted by molar-refractivity contribution is 8.68. The molecule has 16 heavy (non-hydrogen) atoms. The molecule has 0 aliphatic heterocycles. The molecule has 0 spiro atoms. The third-order valence-corrected chi connectivity index (χ3v) is 4.19. The van der Waals surface area contributed by atoms with Gasteiger partial charge in [0.25, 0.3) is 0 Å². The molecule has 0 bridgehead atoms. The van der Waals surface area contributed by atoms with Crippen LogP contribution in [0, 0.1) is 24.2 Å². The Kier molecular flexibility index (Phi) is 3.82. The van der Waals surface area contributed by atoms with E-state index in [2.05, 4.69) is 34.4 Å².